The highest BCUT2D eigenvalue weighted by Crippen LogP contribution is 2.08. The summed E-state index contributed by atoms with van der Waals surface area (Å²) in [5.74, 6) is -0.182. The van der Waals surface area contributed by atoms with Gasteiger partial charge in [-0.1, -0.05) is 29.8 Å². The molecule has 0 aromatic heterocycles. The zero-order valence-electron chi connectivity index (χ0n) is 10.2. The topological polar surface area (TPSA) is 26.3 Å². The minimum Gasteiger partial charge on any atom is -0.466 e. The Hall–Kier alpha value is -1.31. The lowest BCUT2D eigenvalue weighted by molar-refractivity contribution is -0.141. The highest BCUT2D eigenvalue weighted by atomic mass is 16.5. The van der Waals surface area contributed by atoms with Crippen molar-refractivity contribution in [3.05, 3.63) is 35.4 Å². The first-order valence-corrected chi connectivity index (χ1v) is 5.87. The molecule has 0 fully saturated rings. The molecule has 0 saturated carbocycles. The maximum absolute atomic E-state index is 10.5. The van der Waals surface area contributed by atoms with Gasteiger partial charge in [-0.15, -0.1) is 0 Å². The summed E-state index contributed by atoms with van der Waals surface area (Å²) in [6.07, 6.45) is 4.35. The number of hydrogen-bond acceptors (Lipinski definition) is 2. The Balaban J connectivity index is 2.09. The standard InChI is InChI=1S/C14H20O2/c1-12-7-6-9-14(11-12)8-4-3-5-10-16-13(2)15/h6-7,9,11H,3-5,8,10H2,1-2H3. The molecular formula is C14H20O2. The zero-order chi connectivity index (χ0) is 11.8. The molecule has 0 amide bonds. The number of carbonyl (C=O) groups is 1. The Labute approximate surface area is 97.6 Å². The van der Waals surface area contributed by atoms with E-state index >= 15 is 0 Å². The molecule has 0 saturated heterocycles. The molecule has 0 unspecified atom stereocenters. The van der Waals surface area contributed by atoms with Gasteiger partial charge in [0.1, 0.15) is 0 Å². The van der Waals surface area contributed by atoms with Gasteiger partial charge in [-0.2, -0.15) is 0 Å². The average molecular weight is 220 g/mol. The van der Waals surface area contributed by atoms with Crippen LogP contribution in [0.2, 0.25) is 0 Å². The van der Waals surface area contributed by atoms with E-state index in [1.165, 1.54) is 18.1 Å². The van der Waals surface area contributed by atoms with Crippen molar-refractivity contribution in [3.8, 4) is 0 Å². The molecule has 0 atom stereocenters. The zero-order valence-corrected chi connectivity index (χ0v) is 10.2. The Kier molecular flexibility index (Phi) is 5.62. The third-order valence-electron chi connectivity index (χ3n) is 2.50. The number of aryl methyl sites for hydroxylation is 2. The summed E-state index contributed by atoms with van der Waals surface area (Å²) < 4.78 is 4.87. The number of carbonyl (C=O) groups excluding carboxylic acids is 1. The first kappa shape index (κ1) is 12.8. The molecule has 0 aliphatic carbocycles. The maximum Gasteiger partial charge on any atom is 0.302 e. The number of benzene rings is 1. The van der Waals surface area contributed by atoms with Crippen LogP contribution in [-0.4, -0.2) is 12.6 Å². The van der Waals surface area contributed by atoms with Crippen molar-refractivity contribution in [1.29, 1.82) is 0 Å². The van der Waals surface area contributed by atoms with E-state index in [1.807, 2.05) is 0 Å². The van der Waals surface area contributed by atoms with Crippen molar-refractivity contribution < 1.29 is 9.53 Å². The number of ether oxygens (including phenoxy) is 1. The third kappa shape index (κ3) is 5.54. The fraction of sp³-hybridized carbons (Fsp3) is 0.500. The molecule has 0 aliphatic rings. The SMILES string of the molecule is CC(=O)OCCCCCc1cccc(C)c1. The second kappa shape index (κ2) is 7.04. The lowest BCUT2D eigenvalue weighted by atomic mass is 10.1. The van der Waals surface area contributed by atoms with Crippen LogP contribution in [0.3, 0.4) is 0 Å². The Morgan fingerprint density at radius 1 is 1.25 bits per heavy atom. The van der Waals surface area contributed by atoms with Crippen LogP contribution in [0.25, 0.3) is 0 Å². The molecule has 1 aromatic rings. The lowest BCUT2D eigenvalue weighted by Crippen LogP contribution is -2.00. The van der Waals surface area contributed by atoms with Crippen LogP contribution in [-0.2, 0) is 16.0 Å². The number of esters is 1. The van der Waals surface area contributed by atoms with E-state index in [2.05, 4.69) is 31.2 Å². The molecule has 1 rings (SSSR count). The van der Waals surface area contributed by atoms with E-state index in [4.69, 9.17) is 4.74 Å². The molecule has 16 heavy (non-hydrogen) atoms. The molecule has 0 heterocycles. The molecule has 0 spiro atoms. The van der Waals surface area contributed by atoms with Gasteiger partial charge >= 0.3 is 5.97 Å². The number of rotatable bonds is 6. The maximum atomic E-state index is 10.5. The number of hydrogen-bond donors (Lipinski definition) is 0. The van der Waals surface area contributed by atoms with E-state index in [1.54, 1.807) is 0 Å². The van der Waals surface area contributed by atoms with Gasteiger partial charge in [0.2, 0.25) is 0 Å². The summed E-state index contributed by atoms with van der Waals surface area (Å²) in [4.78, 5) is 10.5. The van der Waals surface area contributed by atoms with Crippen LogP contribution < -0.4 is 0 Å². The van der Waals surface area contributed by atoms with Gasteiger partial charge < -0.3 is 4.74 Å². The quantitative estimate of drug-likeness (QED) is 0.543. The molecule has 88 valence electrons. The Bertz CT molecular complexity index is 331. The monoisotopic (exact) mass is 220 g/mol. The van der Waals surface area contributed by atoms with Gasteiger partial charge in [0, 0.05) is 6.92 Å². The van der Waals surface area contributed by atoms with E-state index in [9.17, 15) is 4.79 Å². The number of unbranched alkanes of at least 4 members (excludes halogenated alkanes) is 2. The van der Waals surface area contributed by atoms with Crippen molar-refractivity contribution in [2.24, 2.45) is 0 Å². The van der Waals surface area contributed by atoms with Crippen molar-refractivity contribution in [3.63, 3.8) is 0 Å². The summed E-state index contributed by atoms with van der Waals surface area (Å²) in [6, 6.07) is 8.61. The molecule has 0 bridgehead atoms. The van der Waals surface area contributed by atoms with Gasteiger partial charge in [0.25, 0.3) is 0 Å². The van der Waals surface area contributed by atoms with Gasteiger partial charge in [-0.05, 0) is 38.2 Å². The summed E-state index contributed by atoms with van der Waals surface area (Å²) >= 11 is 0. The van der Waals surface area contributed by atoms with E-state index < -0.39 is 0 Å². The third-order valence-corrected chi connectivity index (χ3v) is 2.50. The van der Waals surface area contributed by atoms with E-state index in [0.717, 1.165) is 25.7 Å². The van der Waals surface area contributed by atoms with Crippen LogP contribution in [0.5, 0.6) is 0 Å². The smallest absolute Gasteiger partial charge is 0.302 e. The van der Waals surface area contributed by atoms with Crippen molar-refractivity contribution in [2.75, 3.05) is 6.61 Å². The van der Waals surface area contributed by atoms with E-state index in [-0.39, 0.29) is 5.97 Å². The van der Waals surface area contributed by atoms with Crippen molar-refractivity contribution in [1.82, 2.24) is 0 Å². The van der Waals surface area contributed by atoms with Gasteiger partial charge in [-0.3, -0.25) is 4.79 Å². The van der Waals surface area contributed by atoms with Crippen LogP contribution in [0.4, 0.5) is 0 Å². The first-order chi connectivity index (χ1) is 7.68. The second-order valence-corrected chi connectivity index (χ2v) is 4.14. The summed E-state index contributed by atoms with van der Waals surface area (Å²) in [6.45, 7) is 4.13. The minimum absolute atomic E-state index is 0.182. The normalized spacial score (nSPS) is 10.1. The van der Waals surface area contributed by atoms with E-state index in [0.29, 0.717) is 6.61 Å². The predicted molar refractivity (Wildman–Crippen MR) is 65.4 cm³/mol. The fourth-order valence-electron chi connectivity index (χ4n) is 1.69. The largest absolute Gasteiger partial charge is 0.466 e. The molecular weight excluding hydrogens is 200 g/mol. The molecule has 2 nitrogen and oxygen atoms in total. The lowest BCUT2D eigenvalue weighted by Gasteiger charge is -2.03. The molecule has 0 radical (unpaired) electrons. The van der Waals surface area contributed by atoms with Crippen LogP contribution in [0.1, 0.15) is 37.3 Å². The molecule has 0 N–H and O–H groups in total. The second-order valence-electron chi connectivity index (χ2n) is 4.14. The fourth-order valence-corrected chi connectivity index (χ4v) is 1.69. The molecule has 1 aromatic carbocycles. The van der Waals surface area contributed by atoms with Crippen LogP contribution in [0, 0.1) is 6.92 Å². The summed E-state index contributed by atoms with van der Waals surface area (Å²) in [5, 5.41) is 0. The van der Waals surface area contributed by atoms with Crippen molar-refractivity contribution in [2.45, 2.75) is 39.5 Å². The minimum atomic E-state index is -0.182. The highest BCUT2D eigenvalue weighted by Gasteiger charge is 1.95. The molecule has 0 aliphatic heterocycles. The van der Waals surface area contributed by atoms with Gasteiger partial charge in [0.15, 0.2) is 0 Å². The van der Waals surface area contributed by atoms with Crippen LogP contribution in [0.15, 0.2) is 24.3 Å². The first-order valence-electron chi connectivity index (χ1n) is 5.87. The van der Waals surface area contributed by atoms with Crippen LogP contribution >= 0.6 is 0 Å². The van der Waals surface area contributed by atoms with Crippen molar-refractivity contribution >= 4 is 5.97 Å². The Morgan fingerprint density at radius 3 is 2.75 bits per heavy atom. The Morgan fingerprint density at radius 2 is 2.06 bits per heavy atom. The summed E-state index contributed by atoms with van der Waals surface area (Å²) in [5.41, 5.74) is 2.71. The highest BCUT2D eigenvalue weighted by molar-refractivity contribution is 5.65. The van der Waals surface area contributed by atoms with Gasteiger partial charge in [0.05, 0.1) is 6.61 Å². The summed E-state index contributed by atoms with van der Waals surface area (Å²) in [7, 11) is 0. The molecule has 2 heteroatoms. The average Bonchev–Trinajstić information content (AvgIpc) is 2.23. The van der Waals surface area contributed by atoms with Gasteiger partial charge in [-0.25, -0.2) is 0 Å². The predicted octanol–water partition coefficient (Wildman–Crippen LogP) is 3.27.